The lowest BCUT2D eigenvalue weighted by atomic mass is 10.1. The SMILES string of the molecule is O=C(Nc1nnc2n1CCS2)[C@H]1CC(=O)N(c2ccc(Cl)cc2)C1. The number of nitrogens with one attached hydrogen (secondary N) is 1. The first-order valence-corrected chi connectivity index (χ1v) is 8.91. The van der Waals surface area contributed by atoms with Gasteiger partial charge in [-0.05, 0) is 24.3 Å². The summed E-state index contributed by atoms with van der Waals surface area (Å²) in [5, 5.41) is 12.3. The van der Waals surface area contributed by atoms with E-state index >= 15 is 0 Å². The maximum atomic E-state index is 12.5. The first-order chi connectivity index (χ1) is 11.6. The van der Waals surface area contributed by atoms with Gasteiger partial charge in [0, 0.05) is 36.0 Å². The van der Waals surface area contributed by atoms with E-state index in [9.17, 15) is 9.59 Å². The summed E-state index contributed by atoms with van der Waals surface area (Å²) < 4.78 is 1.89. The quantitative estimate of drug-likeness (QED) is 0.902. The Bertz CT molecular complexity index is 807. The summed E-state index contributed by atoms with van der Waals surface area (Å²) in [4.78, 5) is 26.3. The lowest BCUT2D eigenvalue weighted by molar-refractivity contribution is -0.122. The molecule has 0 bridgehead atoms. The Labute approximate surface area is 147 Å². The molecule has 0 spiro atoms. The average Bonchev–Trinajstić information content (AvgIpc) is 3.25. The summed E-state index contributed by atoms with van der Waals surface area (Å²) in [6, 6.07) is 7.02. The number of carbonyl (C=O) groups is 2. The molecular weight excluding hydrogens is 350 g/mol. The average molecular weight is 364 g/mol. The molecule has 4 rings (SSSR count). The van der Waals surface area contributed by atoms with Gasteiger partial charge in [0.2, 0.25) is 17.8 Å². The van der Waals surface area contributed by atoms with Gasteiger partial charge in [0.05, 0.1) is 5.92 Å². The summed E-state index contributed by atoms with van der Waals surface area (Å²) in [5.41, 5.74) is 0.750. The lowest BCUT2D eigenvalue weighted by Crippen LogP contribution is -2.28. The third kappa shape index (κ3) is 2.76. The van der Waals surface area contributed by atoms with Crippen molar-refractivity contribution in [3.8, 4) is 0 Å². The number of hydrogen-bond acceptors (Lipinski definition) is 5. The second kappa shape index (κ2) is 6.10. The van der Waals surface area contributed by atoms with Crippen LogP contribution in [0.1, 0.15) is 6.42 Å². The number of rotatable bonds is 3. The highest BCUT2D eigenvalue weighted by Gasteiger charge is 2.36. The molecule has 1 atom stereocenters. The van der Waals surface area contributed by atoms with Gasteiger partial charge in [-0.2, -0.15) is 0 Å². The van der Waals surface area contributed by atoms with Crippen molar-refractivity contribution in [2.45, 2.75) is 18.1 Å². The van der Waals surface area contributed by atoms with E-state index < -0.39 is 5.92 Å². The fourth-order valence-electron chi connectivity index (χ4n) is 2.88. The number of nitrogens with zero attached hydrogens (tertiary/aromatic N) is 4. The van der Waals surface area contributed by atoms with Crippen LogP contribution in [0.5, 0.6) is 0 Å². The molecule has 1 saturated heterocycles. The van der Waals surface area contributed by atoms with E-state index in [1.54, 1.807) is 40.9 Å². The summed E-state index contributed by atoms with van der Waals surface area (Å²) in [6.07, 6.45) is 0.185. The Kier molecular flexibility index (Phi) is 3.93. The zero-order valence-corrected chi connectivity index (χ0v) is 14.2. The molecular formula is C15H14ClN5O2S. The number of thioether (sulfide) groups is 1. The van der Waals surface area contributed by atoms with Crippen LogP contribution in [0.25, 0.3) is 0 Å². The van der Waals surface area contributed by atoms with Crippen molar-refractivity contribution in [2.75, 3.05) is 22.5 Å². The second-order valence-electron chi connectivity index (χ2n) is 5.68. The molecule has 1 N–H and O–H groups in total. The number of anilines is 2. The summed E-state index contributed by atoms with van der Waals surface area (Å²) >= 11 is 7.49. The topological polar surface area (TPSA) is 80.1 Å². The maximum absolute atomic E-state index is 12.5. The standard InChI is InChI=1S/C15H14ClN5O2S/c16-10-1-3-11(4-2-10)21-8-9(7-12(21)22)13(23)17-14-18-19-15-20(14)5-6-24-15/h1-4,9H,5-8H2,(H,17,18,23)/t9-/m0/s1. The molecule has 0 unspecified atom stereocenters. The zero-order valence-electron chi connectivity index (χ0n) is 12.6. The lowest BCUT2D eigenvalue weighted by Gasteiger charge is -2.16. The predicted octanol–water partition coefficient (Wildman–Crippen LogP) is 2.03. The van der Waals surface area contributed by atoms with Gasteiger partial charge >= 0.3 is 0 Å². The Morgan fingerprint density at radius 1 is 1.29 bits per heavy atom. The van der Waals surface area contributed by atoms with Crippen LogP contribution in [0.4, 0.5) is 11.6 Å². The molecule has 2 amide bonds. The number of aromatic nitrogens is 3. The van der Waals surface area contributed by atoms with Gasteiger partial charge in [0.25, 0.3) is 0 Å². The minimum Gasteiger partial charge on any atom is -0.312 e. The summed E-state index contributed by atoms with van der Waals surface area (Å²) in [7, 11) is 0. The number of benzene rings is 1. The highest BCUT2D eigenvalue weighted by Crippen LogP contribution is 2.29. The maximum Gasteiger partial charge on any atom is 0.232 e. The molecule has 3 heterocycles. The number of amides is 2. The smallest absolute Gasteiger partial charge is 0.232 e. The Balaban J connectivity index is 1.46. The number of halogens is 1. The number of hydrogen-bond donors (Lipinski definition) is 1. The molecule has 7 nitrogen and oxygen atoms in total. The van der Waals surface area contributed by atoms with Crippen LogP contribution in [0.15, 0.2) is 29.4 Å². The van der Waals surface area contributed by atoms with Crippen LogP contribution >= 0.6 is 23.4 Å². The van der Waals surface area contributed by atoms with Gasteiger partial charge in [-0.3, -0.25) is 19.5 Å². The predicted molar refractivity (Wildman–Crippen MR) is 91.3 cm³/mol. The molecule has 9 heteroatoms. The Morgan fingerprint density at radius 3 is 2.88 bits per heavy atom. The van der Waals surface area contributed by atoms with Gasteiger partial charge in [-0.15, -0.1) is 10.2 Å². The summed E-state index contributed by atoms with van der Waals surface area (Å²) in [6.45, 7) is 1.13. The van der Waals surface area contributed by atoms with Gasteiger partial charge in [0.1, 0.15) is 0 Å². The Morgan fingerprint density at radius 2 is 2.08 bits per heavy atom. The highest BCUT2D eigenvalue weighted by molar-refractivity contribution is 7.99. The van der Waals surface area contributed by atoms with Crippen molar-refractivity contribution >= 4 is 46.8 Å². The summed E-state index contributed by atoms with van der Waals surface area (Å²) in [5.74, 6) is 0.707. The molecule has 1 fully saturated rings. The van der Waals surface area contributed by atoms with Crippen LogP contribution < -0.4 is 10.2 Å². The van der Waals surface area contributed by atoms with Gasteiger partial charge in [0.15, 0.2) is 5.16 Å². The molecule has 124 valence electrons. The molecule has 0 radical (unpaired) electrons. The molecule has 2 aliphatic heterocycles. The normalized spacial score (nSPS) is 19.6. The minimum absolute atomic E-state index is 0.0699. The largest absolute Gasteiger partial charge is 0.312 e. The van der Waals surface area contributed by atoms with Gasteiger partial charge < -0.3 is 4.90 Å². The van der Waals surface area contributed by atoms with Crippen molar-refractivity contribution < 1.29 is 9.59 Å². The molecule has 2 aliphatic rings. The molecule has 1 aromatic heterocycles. The van der Waals surface area contributed by atoms with Crippen molar-refractivity contribution in [3.63, 3.8) is 0 Å². The number of fused-ring (bicyclic) bond motifs is 1. The van der Waals surface area contributed by atoms with Crippen LogP contribution in [0.3, 0.4) is 0 Å². The monoisotopic (exact) mass is 363 g/mol. The van der Waals surface area contributed by atoms with E-state index in [-0.39, 0.29) is 18.2 Å². The van der Waals surface area contributed by atoms with E-state index in [0.29, 0.717) is 17.5 Å². The van der Waals surface area contributed by atoms with E-state index in [1.807, 2.05) is 4.57 Å². The van der Waals surface area contributed by atoms with Crippen LogP contribution in [0, 0.1) is 5.92 Å². The van der Waals surface area contributed by atoms with Crippen LogP contribution in [-0.2, 0) is 16.1 Å². The van der Waals surface area contributed by atoms with Gasteiger partial charge in [-0.1, -0.05) is 23.4 Å². The van der Waals surface area contributed by atoms with Crippen molar-refractivity contribution in [1.82, 2.24) is 14.8 Å². The fourth-order valence-corrected chi connectivity index (χ4v) is 3.90. The van der Waals surface area contributed by atoms with Gasteiger partial charge in [-0.25, -0.2) is 0 Å². The first-order valence-electron chi connectivity index (χ1n) is 7.54. The third-order valence-electron chi connectivity index (χ3n) is 4.13. The highest BCUT2D eigenvalue weighted by atomic mass is 35.5. The molecule has 0 saturated carbocycles. The van der Waals surface area contributed by atoms with Crippen molar-refractivity contribution in [1.29, 1.82) is 0 Å². The van der Waals surface area contributed by atoms with E-state index in [0.717, 1.165) is 23.1 Å². The molecule has 1 aromatic carbocycles. The van der Waals surface area contributed by atoms with Crippen LogP contribution in [0.2, 0.25) is 5.02 Å². The van der Waals surface area contributed by atoms with E-state index in [2.05, 4.69) is 15.5 Å². The number of carbonyl (C=O) groups excluding carboxylic acids is 2. The van der Waals surface area contributed by atoms with Crippen molar-refractivity contribution in [2.24, 2.45) is 5.92 Å². The first kappa shape index (κ1) is 15.5. The fraction of sp³-hybridized carbons (Fsp3) is 0.333. The van der Waals surface area contributed by atoms with E-state index in [4.69, 9.17) is 11.6 Å². The molecule has 2 aromatic rings. The molecule has 24 heavy (non-hydrogen) atoms. The Hall–Kier alpha value is -2.06. The van der Waals surface area contributed by atoms with Crippen molar-refractivity contribution in [3.05, 3.63) is 29.3 Å². The molecule has 0 aliphatic carbocycles. The third-order valence-corrected chi connectivity index (χ3v) is 5.33. The minimum atomic E-state index is -0.407. The zero-order chi connectivity index (χ0) is 16.7. The second-order valence-corrected chi connectivity index (χ2v) is 7.18. The van der Waals surface area contributed by atoms with E-state index in [1.165, 1.54) is 0 Å². The van der Waals surface area contributed by atoms with Crippen LogP contribution in [-0.4, -0.2) is 38.9 Å².